The van der Waals surface area contributed by atoms with Crippen LogP contribution < -0.4 is 5.32 Å². The monoisotopic (exact) mass is 399 g/mol. The Hall–Kier alpha value is -2.79. The number of nitriles is 1. The van der Waals surface area contributed by atoms with Crippen LogP contribution in [0.1, 0.15) is 41.6 Å². The van der Waals surface area contributed by atoms with E-state index in [1.807, 2.05) is 25.1 Å². The maximum atomic E-state index is 12.5. The van der Waals surface area contributed by atoms with Gasteiger partial charge >= 0.3 is 5.97 Å². The lowest BCUT2D eigenvalue weighted by molar-refractivity contribution is -0.125. The van der Waals surface area contributed by atoms with Crippen LogP contribution in [0.25, 0.3) is 0 Å². The molecule has 1 aromatic carbocycles. The molecule has 7 nitrogen and oxygen atoms in total. The minimum atomic E-state index is -0.910. The molecule has 0 spiro atoms. The maximum Gasteiger partial charge on any atom is 0.339 e. The number of amides is 1. The van der Waals surface area contributed by atoms with E-state index in [9.17, 15) is 14.9 Å². The molecule has 1 heterocycles. The van der Waals surface area contributed by atoms with Crippen molar-refractivity contribution in [2.75, 3.05) is 6.61 Å². The number of hydrogen-bond donors (Lipinski definition) is 1. The van der Waals surface area contributed by atoms with Crippen LogP contribution in [-0.4, -0.2) is 29.2 Å². The highest BCUT2D eigenvalue weighted by Crippen LogP contribution is 2.39. The lowest BCUT2D eigenvalue weighted by atomic mass is 9.98. The van der Waals surface area contributed by atoms with Crippen LogP contribution in [0.5, 0.6) is 0 Å². The molecular formula is C20H21N3O4S. The Morgan fingerprint density at radius 1 is 1.43 bits per heavy atom. The maximum absolute atomic E-state index is 12.5. The molecule has 0 bridgehead atoms. The fourth-order valence-corrected chi connectivity index (χ4v) is 3.74. The number of aromatic nitrogens is 1. The van der Waals surface area contributed by atoms with Gasteiger partial charge in [0, 0.05) is 16.7 Å². The molecule has 1 atom stereocenters. The molecule has 1 fully saturated rings. The van der Waals surface area contributed by atoms with E-state index in [1.165, 1.54) is 11.8 Å². The lowest BCUT2D eigenvalue weighted by Gasteiger charge is -2.22. The van der Waals surface area contributed by atoms with E-state index >= 15 is 0 Å². The van der Waals surface area contributed by atoms with Crippen LogP contribution in [-0.2, 0) is 15.3 Å². The summed E-state index contributed by atoms with van der Waals surface area (Å²) >= 11 is 1.43. The fourth-order valence-electron chi connectivity index (χ4n) is 2.82. The first-order chi connectivity index (χ1) is 13.4. The zero-order chi connectivity index (χ0) is 20.1. The number of ether oxygens (including phenoxy) is 1. The summed E-state index contributed by atoms with van der Waals surface area (Å²) in [5.74, 6) is 0.371. The molecule has 8 heteroatoms. The highest BCUT2D eigenvalue weighted by molar-refractivity contribution is 7.98. The van der Waals surface area contributed by atoms with Gasteiger partial charge < -0.3 is 14.6 Å². The summed E-state index contributed by atoms with van der Waals surface area (Å²) in [7, 11) is 0. The van der Waals surface area contributed by atoms with Gasteiger partial charge in [0.05, 0.1) is 17.3 Å². The molecule has 146 valence electrons. The number of aryl methyl sites for hydroxylation is 1. The normalized spacial score (nSPS) is 15.3. The van der Waals surface area contributed by atoms with Gasteiger partial charge in [-0.05, 0) is 44.7 Å². The van der Waals surface area contributed by atoms with Crippen LogP contribution in [0.2, 0.25) is 0 Å². The molecule has 1 amide bonds. The van der Waals surface area contributed by atoms with Crippen LogP contribution >= 0.6 is 11.8 Å². The summed E-state index contributed by atoms with van der Waals surface area (Å²) < 4.78 is 10.2. The van der Waals surface area contributed by atoms with Gasteiger partial charge in [-0.3, -0.25) is 4.79 Å². The predicted octanol–water partition coefficient (Wildman–Crippen LogP) is 3.24. The van der Waals surface area contributed by atoms with Crippen molar-refractivity contribution < 1.29 is 18.8 Å². The first-order valence-electron chi connectivity index (χ1n) is 8.94. The minimum Gasteiger partial charge on any atom is -0.452 e. The Morgan fingerprint density at radius 2 is 2.18 bits per heavy atom. The molecule has 1 N–H and O–H groups in total. The molecule has 1 saturated carbocycles. The van der Waals surface area contributed by atoms with E-state index in [0.29, 0.717) is 11.3 Å². The molecule has 1 aliphatic carbocycles. The average molecular weight is 399 g/mol. The van der Waals surface area contributed by atoms with Crippen molar-refractivity contribution >= 4 is 23.6 Å². The van der Waals surface area contributed by atoms with E-state index in [0.717, 1.165) is 29.2 Å². The van der Waals surface area contributed by atoms with Crippen molar-refractivity contribution in [1.29, 1.82) is 5.26 Å². The molecule has 2 aromatic rings. The van der Waals surface area contributed by atoms with Crippen molar-refractivity contribution in [2.45, 2.75) is 42.9 Å². The summed E-state index contributed by atoms with van der Waals surface area (Å²) in [6.45, 7) is 3.09. The molecular weight excluding hydrogens is 378 g/mol. The third-order valence-corrected chi connectivity index (χ3v) is 5.63. The number of carbonyl (C=O) groups is 2. The number of hydrogen-bond acceptors (Lipinski definition) is 7. The molecule has 1 aliphatic rings. The lowest BCUT2D eigenvalue weighted by Crippen LogP contribution is -2.48. The minimum absolute atomic E-state index is 0.162. The predicted molar refractivity (Wildman–Crippen MR) is 102 cm³/mol. The topological polar surface area (TPSA) is 105 Å². The average Bonchev–Trinajstić information content (AvgIpc) is 3.47. The van der Waals surface area contributed by atoms with Crippen LogP contribution in [0.4, 0.5) is 0 Å². The summed E-state index contributed by atoms with van der Waals surface area (Å²) in [4.78, 5) is 25.3. The van der Waals surface area contributed by atoms with E-state index in [4.69, 9.17) is 9.26 Å². The number of rotatable bonds is 8. The van der Waals surface area contributed by atoms with Crippen LogP contribution in [0.3, 0.4) is 0 Å². The number of thioether (sulfide) groups is 1. The van der Waals surface area contributed by atoms with Crippen LogP contribution in [0, 0.1) is 24.2 Å². The van der Waals surface area contributed by atoms with E-state index in [2.05, 4.69) is 16.5 Å². The van der Waals surface area contributed by atoms with Gasteiger partial charge in [0.2, 0.25) is 0 Å². The Kier molecular flexibility index (Phi) is 6.05. The van der Waals surface area contributed by atoms with Gasteiger partial charge in [-0.15, -0.1) is 11.8 Å². The summed E-state index contributed by atoms with van der Waals surface area (Å²) in [5, 5.41) is 15.9. The van der Waals surface area contributed by atoms with Gasteiger partial charge in [0.25, 0.3) is 5.91 Å². The van der Waals surface area contributed by atoms with Gasteiger partial charge in [0.1, 0.15) is 11.3 Å². The van der Waals surface area contributed by atoms with Gasteiger partial charge in [-0.2, -0.15) is 5.26 Å². The van der Waals surface area contributed by atoms with Gasteiger partial charge in [0.15, 0.2) is 6.61 Å². The van der Waals surface area contributed by atoms with Crippen molar-refractivity contribution in [3.8, 4) is 6.07 Å². The Bertz CT molecular complexity index is 916. The van der Waals surface area contributed by atoms with Crippen molar-refractivity contribution in [3.63, 3.8) is 0 Å². The molecule has 0 unspecified atom stereocenters. The Labute approximate surface area is 167 Å². The van der Waals surface area contributed by atoms with Gasteiger partial charge in [-0.25, -0.2) is 4.79 Å². The second-order valence-electron chi connectivity index (χ2n) is 6.93. The van der Waals surface area contributed by atoms with Crippen molar-refractivity contribution in [2.24, 2.45) is 5.92 Å². The summed E-state index contributed by atoms with van der Waals surface area (Å²) in [5.41, 5.74) is 0.249. The molecule has 1 aromatic heterocycles. The fraction of sp³-hybridized carbons (Fsp3) is 0.400. The van der Waals surface area contributed by atoms with Crippen molar-refractivity contribution in [3.05, 3.63) is 47.3 Å². The largest absolute Gasteiger partial charge is 0.452 e. The highest BCUT2D eigenvalue weighted by Gasteiger charge is 2.43. The number of carbonyl (C=O) groups excluding carboxylic acids is 2. The Balaban J connectivity index is 1.56. The number of nitrogens with zero attached hydrogens (tertiary/aromatic N) is 2. The second-order valence-corrected chi connectivity index (χ2v) is 7.94. The summed E-state index contributed by atoms with van der Waals surface area (Å²) in [6.07, 6.45) is 1.83. The number of nitrogens with one attached hydrogen (secondary N) is 1. The number of benzene rings is 1. The molecule has 28 heavy (non-hydrogen) atoms. The van der Waals surface area contributed by atoms with E-state index < -0.39 is 24.0 Å². The zero-order valence-corrected chi connectivity index (χ0v) is 16.5. The van der Waals surface area contributed by atoms with Gasteiger partial charge in [-0.1, -0.05) is 17.3 Å². The summed E-state index contributed by atoms with van der Waals surface area (Å²) in [6, 6.07) is 11.0. The quantitative estimate of drug-likeness (QED) is 0.536. The molecule has 0 radical (unpaired) electrons. The number of esters is 1. The smallest absolute Gasteiger partial charge is 0.339 e. The first-order valence-corrected chi connectivity index (χ1v) is 9.93. The van der Waals surface area contributed by atoms with E-state index in [-0.39, 0.29) is 5.92 Å². The third kappa shape index (κ3) is 4.93. The molecule has 3 rings (SSSR count). The first kappa shape index (κ1) is 20.0. The second kappa shape index (κ2) is 8.48. The van der Waals surface area contributed by atoms with E-state index in [1.54, 1.807) is 19.1 Å². The standard InChI is InChI=1S/C20H21N3O4S/c1-13-9-15(23-27-13)11-28-17-6-4-3-5-16(17)19(25)26-10-18(24)22-20(2,12-21)14-7-8-14/h3-6,9,14H,7-8,10-11H2,1-2H3,(H,22,24)/t20-/m0/s1. The molecule has 0 aliphatic heterocycles. The Morgan fingerprint density at radius 3 is 2.82 bits per heavy atom. The van der Waals surface area contributed by atoms with Crippen molar-refractivity contribution in [1.82, 2.24) is 10.5 Å². The molecule has 0 saturated heterocycles. The van der Waals surface area contributed by atoms with Crippen LogP contribution in [0.15, 0.2) is 39.8 Å². The third-order valence-electron chi connectivity index (χ3n) is 4.52. The highest BCUT2D eigenvalue weighted by atomic mass is 32.2. The zero-order valence-electron chi connectivity index (χ0n) is 15.7. The SMILES string of the molecule is Cc1cc(CSc2ccccc2C(=O)OCC(=O)N[C@@](C)(C#N)C2CC2)no1.